The SMILES string of the molecule is CC(=O)N1CCOC(C(=O)Nc2cc(-c3cccc4[nH]ccc34)cc3[nH]ncc23)C1. The molecule has 1 atom stereocenters. The first-order chi connectivity index (χ1) is 14.6. The highest BCUT2D eigenvalue weighted by Gasteiger charge is 2.28. The molecule has 152 valence electrons. The number of H-pyrrole nitrogens is 2. The summed E-state index contributed by atoms with van der Waals surface area (Å²) < 4.78 is 5.61. The van der Waals surface area contributed by atoms with Crippen molar-refractivity contribution in [3.05, 3.63) is 48.8 Å². The summed E-state index contributed by atoms with van der Waals surface area (Å²) in [6.07, 6.45) is 2.89. The van der Waals surface area contributed by atoms with Gasteiger partial charge in [0.2, 0.25) is 5.91 Å². The highest BCUT2D eigenvalue weighted by molar-refractivity contribution is 6.06. The highest BCUT2D eigenvalue weighted by Crippen LogP contribution is 2.34. The fourth-order valence-electron chi connectivity index (χ4n) is 3.95. The van der Waals surface area contributed by atoms with Gasteiger partial charge in [0, 0.05) is 36.0 Å². The molecule has 0 spiro atoms. The molecule has 0 saturated carbocycles. The number of nitrogens with zero attached hydrogens (tertiary/aromatic N) is 2. The number of hydrogen-bond donors (Lipinski definition) is 3. The Hall–Kier alpha value is -3.65. The Morgan fingerprint density at radius 1 is 1.20 bits per heavy atom. The lowest BCUT2D eigenvalue weighted by Gasteiger charge is -2.31. The number of amides is 2. The molecule has 8 nitrogen and oxygen atoms in total. The Balaban J connectivity index is 1.50. The molecule has 30 heavy (non-hydrogen) atoms. The molecular formula is C22H21N5O3. The van der Waals surface area contributed by atoms with Crippen LogP contribution in [0.2, 0.25) is 0 Å². The van der Waals surface area contributed by atoms with Gasteiger partial charge in [0.05, 0.1) is 30.6 Å². The predicted octanol–water partition coefficient (Wildman–Crippen LogP) is 2.90. The average molecular weight is 403 g/mol. The fraction of sp³-hybridized carbons (Fsp3) is 0.227. The van der Waals surface area contributed by atoms with Crippen molar-refractivity contribution in [2.45, 2.75) is 13.0 Å². The maximum absolute atomic E-state index is 12.9. The standard InChI is InChI=1S/C22H21N5O3/c1-13(28)27-7-8-30-21(12-27)22(29)25-19-9-14(10-20-17(19)11-24-26-20)15-3-2-4-18-16(15)5-6-23-18/h2-6,9-11,21,23H,7-8,12H2,1H3,(H,24,26)(H,25,29). The molecular weight excluding hydrogens is 382 g/mol. The molecule has 3 heterocycles. The zero-order valence-electron chi connectivity index (χ0n) is 16.4. The number of aromatic amines is 2. The molecule has 1 aliphatic heterocycles. The first-order valence-corrected chi connectivity index (χ1v) is 9.82. The number of nitrogens with one attached hydrogen (secondary N) is 3. The van der Waals surface area contributed by atoms with Gasteiger partial charge in [-0.2, -0.15) is 5.10 Å². The van der Waals surface area contributed by atoms with Gasteiger partial charge in [0.25, 0.3) is 5.91 Å². The second-order valence-corrected chi connectivity index (χ2v) is 7.41. The Kier molecular flexibility index (Phi) is 4.48. The van der Waals surface area contributed by atoms with E-state index in [1.807, 2.05) is 42.6 Å². The van der Waals surface area contributed by atoms with E-state index in [2.05, 4.69) is 20.5 Å². The number of carbonyl (C=O) groups excluding carboxylic acids is 2. The first-order valence-electron chi connectivity index (χ1n) is 9.82. The normalized spacial score (nSPS) is 16.8. The average Bonchev–Trinajstić information content (AvgIpc) is 3.42. The largest absolute Gasteiger partial charge is 0.365 e. The summed E-state index contributed by atoms with van der Waals surface area (Å²) in [5.41, 5.74) is 4.53. The lowest BCUT2D eigenvalue weighted by Crippen LogP contribution is -2.49. The van der Waals surface area contributed by atoms with Gasteiger partial charge in [-0.25, -0.2) is 0 Å². The molecule has 0 bridgehead atoms. The van der Waals surface area contributed by atoms with E-state index in [4.69, 9.17) is 4.74 Å². The van der Waals surface area contributed by atoms with E-state index in [0.29, 0.717) is 18.8 Å². The summed E-state index contributed by atoms with van der Waals surface area (Å²) >= 11 is 0. The smallest absolute Gasteiger partial charge is 0.255 e. The number of ether oxygens (including phenoxy) is 1. The van der Waals surface area contributed by atoms with Crippen molar-refractivity contribution in [1.82, 2.24) is 20.1 Å². The molecule has 1 fully saturated rings. The number of aromatic nitrogens is 3. The highest BCUT2D eigenvalue weighted by atomic mass is 16.5. The van der Waals surface area contributed by atoms with Crippen molar-refractivity contribution >= 4 is 39.3 Å². The number of benzene rings is 2. The fourth-order valence-corrected chi connectivity index (χ4v) is 3.95. The maximum Gasteiger partial charge on any atom is 0.255 e. The Bertz CT molecular complexity index is 1260. The summed E-state index contributed by atoms with van der Waals surface area (Å²) in [5.74, 6) is -0.338. The monoisotopic (exact) mass is 403 g/mol. The van der Waals surface area contributed by atoms with Crippen LogP contribution >= 0.6 is 0 Å². The van der Waals surface area contributed by atoms with Crippen LogP contribution in [0.3, 0.4) is 0 Å². The van der Waals surface area contributed by atoms with Crippen LogP contribution in [0.5, 0.6) is 0 Å². The quantitative estimate of drug-likeness (QED) is 0.489. The van der Waals surface area contributed by atoms with Crippen molar-refractivity contribution < 1.29 is 14.3 Å². The zero-order valence-corrected chi connectivity index (χ0v) is 16.4. The van der Waals surface area contributed by atoms with E-state index in [-0.39, 0.29) is 18.4 Å². The molecule has 2 aromatic heterocycles. The molecule has 1 saturated heterocycles. The van der Waals surface area contributed by atoms with Crippen LogP contribution in [-0.2, 0) is 14.3 Å². The molecule has 1 unspecified atom stereocenters. The summed E-state index contributed by atoms with van der Waals surface area (Å²) in [7, 11) is 0. The van der Waals surface area contributed by atoms with Crippen molar-refractivity contribution in [1.29, 1.82) is 0 Å². The minimum absolute atomic E-state index is 0.0603. The minimum Gasteiger partial charge on any atom is -0.365 e. The number of morpholine rings is 1. The van der Waals surface area contributed by atoms with Crippen LogP contribution in [0.1, 0.15) is 6.92 Å². The van der Waals surface area contributed by atoms with E-state index in [1.54, 1.807) is 11.1 Å². The molecule has 2 amide bonds. The molecule has 8 heteroatoms. The van der Waals surface area contributed by atoms with Crippen LogP contribution in [-0.4, -0.2) is 57.7 Å². The number of rotatable bonds is 3. The topological polar surface area (TPSA) is 103 Å². The molecule has 2 aromatic carbocycles. The summed E-state index contributed by atoms with van der Waals surface area (Å²) in [6.45, 7) is 2.59. The molecule has 4 aromatic rings. The number of hydrogen-bond acceptors (Lipinski definition) is 4. The van der Waals surface area contributed by atoms with E-state index in [1.165, 1.54) is 6.92 Å². The van der Waals surface area contributed by atoms with Gasteiger partial charge in [0.15, 0.2) is 6.10 Å². The van der Waals surface area contributed by atoms with E-state index in [0.717, 1.165) is 32.9 Å². The summed E-state index contributed by atoms with van der Waals surface area (Å²) in [4.78, 5) is 29.4. The number of carbonyl (C=O) groups is 2. The Morgan fingerprint density at radius 3 is 2.97 bits per heavy atom. The van der Waals surface area contributed by atoms with Gasteiger partial charge in [0.1, 0.15) is 0 Å². The summed E-state index contributed by atoms with van der Waals surface area (Å²) in [5, 5.41) is 12.0. The van der Waals surface area contributed by atoms with Crippen LogP contribution in [0.4, 0.5) is 5.69 Å². The van der Waals surface area contributed by atoms with Crippen LogP contribution in [0.25, 0.3) is 32.9 Å². The summed E-state index contributed by atoms with van der Waals surface area (Å²) in [6, 6.07) is 12.1. The molecule has 3 N–H and O–H groups in total. The van der Waals surface area contributed by atoms with Crippen molar-refractivity contribution in [3.8, 4) is 11.1 Å². The van der Waals surface area contributed by atoms with Crippen LogP contribution < -0.4 is 5.32 Å². The lowest BCUT2D eigenvalue weighted by molar-refractivity contribution is -0.143. The molecule has 5 rings (SSSR count). The number of anilines is 1. The van der Waals surface area contributed by atoms with E-state index >= 15 is 0 Å². The third-order valence-corrected chi connectivity index (χ3v) is 5.53. The number of fused-ring (bicyclic) bond motifs is 2. The third kappa shape index (κ3) is 3.21. The van der Waals surface area contributed by atoms with Crippen molar-refractivity contribution in [2.75, 3.05) is 25.0 Å². The van der Waals surface area contributed by atoms with Gasteiger partial charge >= 0.3 is 0 Å². The zero-order chi connectivity index (χ0) is 20.7. The van der Waals surface area contributed by atoms with Gasteiger partial charge in [-0.05, 0) is 35.4 Å². The minimum atomic E-state index is -0.707. The Labute approximate surface area is 172 Å². The van der Waals surface area contributed by atoms with Crippen LogP contribution in [0.15, 0.2) is 48.8 Å². The predicted molar refractivity (Wildman–Crippen MR) is 114 cm³/mol. The molecule has 0 radical (unpaired) electrons. The van der Waals surface area contributed by atoms with Crippen molar-refractivity contribution in [3.63, 3.8) is 0 Å². The van der Waals surface area contributed by atoms with Gasteiger partial charge in [-0.15, -0.1) is 0 Å². The molecule has 0 aliphatic carbocycles. The van der Waals surface area contributed by atoms with E-state index < -0.39 is 6.10 Å². The van der Waals surface area contributed by atoms with Gasteiger partial charge in [-0.1, -0.05) is 12.1 Å². The Morgan fingerprint density at radius 2 is 2.10 bits per heavy atom. The van der Waals surface area contributed by atoms with E-state index in [9.17, 15) is 9.59 Å². The maximum atomic E-state index is 12.9. The second-order valence-electron chi connectivity index (χ2n) is 7.41. The van der Waals surface area contributed by atoms with Crippen molar-refractivity contribution in [2.24, 2.45) is 0 Å². The lowest BCUT2D eigenvalue weighted by atomic mass is 9.99. The second kappa shape index (κ2) is 7.31. The van der Waals surface area contributed by atoms with Crippen LogP contribution in [0, 0.1) is 0 Å². The third-order valence-electron chi connectivity index (χ3n) is 5.53. The molecule has 1 aliphatic rings. The first kappa shape index (κ1) is 18.4. The van der Waals surface area contributed by atoms with Gasteiger partial charge < -0.3 is 19.9 Å². The van der Waals surface area contributed by atoms with Gasteiger partial charge in [-0.3, -0.25) is 14.7 Å².